The first-order valence-electron chi connectivity index (χ1n) is 7.15. The fourth-order valence-electron chi connectivity index (χ4n) is 2.73. The molecule has 0 amide bonds. The Morgan fingerprint density at radius 1 is 0.818 bits per heavy atom. The van der Waals surface area contributed by atoms with Gasteiger partial charge in [-0.25, -0.2) is 4.98 Å². The van der Waals surface area contributed by atoms with E-state index in [0.29, 0.717) is 0 Å². The molecule has 0 radical (unpaired) electrons. The van der Waals surface area contributed by atoms with E-state index in [4.69, 9.17) is 4.98 Å². The van der Waals surface area contributed by atoms with Gasteiger partial charge in [-0.15, -0.1) is 11.8 Å². The molecule has 0 aliphatic rings. The average molecular weight is 302 g/mol. The molecule has 0 N–H and O–H groups in total. The minimum absolute atomic E-state index is 0.973. The summed E-state index contributed by atoms with van der Waals surface area (Å²) >= 11 is 1.75. The number of pyridine rings is 2. The zero-order chi connectivity index (χ0) is 14.9. The van der Waals surface area contributed by atoms with Crippen molar-refractivity contribution in [1.82, 2.24) is 9.97 Å². The largest absolute Gasteiger partial charge is 0.255 e. The van der Waals surface area contributed by atoms with Gasteiger partial charge in [0.25, 0.3) is 0 Å². The Labute approximate surface area is 133 Å². The van der Waals surface area contributed by atoms with Gasteiger partial charge in [0.1, 0.15) is 0 Å². The standard InChI is InChI=1S/C19H14N2S/c1-22-19-14-7-3-5-9-17(14)20-12-15(19)18-11-10-13-6-2-4-8-16(13)21-18/h2-12H,1H3. The molecule has 4 rings (SSSR count). The average Bonchev–Trinajstić information content (AvgIpc) is 2.60. The van der Waals surface area contributed by atoms with E-state index in [1.165, 1.54) is 10.3 Å². The summed E-state index contributed by atoms with van der Waals surface area (Å²) in [5, 5.41) is 2.34. The lowest BCUT2D eigenvalue weighted by Crippen LogP contribution is -1.91. The molecule has 0 saturated heterocycles. The van der Waals surface area contributed by atoms with Crippen LogP contribution in [-0.4, -0.2) is 16.2 Å². The van der Waals surface area contributed by atoms with E-state index in [1.807, 2.05) is 36.5 Å². The van der Waals surface area contributed by atoms with Gasteiger partial charge in [-0.2, -0.15) is 0 Å². The van der Waals surface area contributed by atoms with Crippen LogP contribution in [0.25, 0.3) is 33.1 Å². The summed E-state index contributed by atoms with van der Waals surface area (Å²) < 4.78 is 0. The predicted molar refractivity (Wildman–Crippen MR) is 94.3 cm³/mol. The third-order valence-corrected chi connectivity index (χ3v) is 4.65. The summed E-state index contributed by atoms with van der Waals surface area (Å²) in [4.78, 5) is 10.6. The number of para-hydroxylation sites is 2. The fourth-order valence-corrected chi connectivity index (χ4v) is 3.50. The van der Waals surface area contributed by atoms with Gasteiger partial charge in [-0.05, 0) is 24.5 Å². The van der Waals surface area contributed by atoms with Gasteiger partial charge in [-0.1, -0.05) is 42.5 Å². The number of hydrogen-bond acceptors (Lipinski definition) is 3. The Morgan fingerprint density at radius 3 is 2.45 bits per heavy atom. The van der Waals surface area contributed by atoms with Gasteiger partial charge < -0.3 is 0 Å². The molecule has 0 bridgehead atoms. The molecular formula is C19H14N2S. The Kier molecular flexibility index (Phi) is 3.28. The summed E-state index contributed by atoms with van der Waals surface area (Å²) in [5.74, 6) is 0. The second-order valence-corrected chi connectivity index (χ2v) is 5.93. The van der Waals surface area contributed by atoms with Gasteiger partial charge in [0.2, 0.25) is 0 Å². The number of hydrogen-bond donors (Lipinski definition) is 0. The van der Waals surface area contributed by atoms with E-state index in [1.54, 1.807) is 11.8 Å². The van der Waals surface area contributed by atoms with Crippen LogP contribution in [0.5, 0.6) is 0 Å². The van der Waals surface area contributed by atoms with Crippen LogP contribution in [0.2, 0.25) is 0 Å². The van der Waals surface area contributed by atoms with E-state index in [9.17, 15) is 0 Å². The molecule has 2 aromatic carbocycles. The van der Waals surface area contributed by atoms with Crippen molar-refractivity contribution in [3.8, 4) is 11.3 Å². The molecule has 0 fully saturated rings. The second kappa shape index (κ2) is 5.43. The number of fused-ring (bicyclic) bond motifs is 2. The Hall–Kier alpha value is -2.39. The first-order chi connectivity index (χ1) is 10.9. The van der Waals surface area contributed by atoms with Crippen molar-refractivity contribution in [2.75, 3.05) is 6.26 Å². The van der Waals surface area contributed by atoms with Crippen LogP contribution in [0.15, 0.2) is 71.8 Å². The Bertz CT molecular complexity index is 979. The highest BCUT2D eigenvalue weighted by Gasteiger charge is 2.11. The molecule has 0 aliphatic carbocycles. The van der Waals surface area contributed by atoms with Crippen LogP contribution in [0, 0.1) is 0 Å². The number of nitrogens with zero attached hydrogens (tertiary/aromatic N) is 2. The third kappa shape index (κ3) is 2.14. The monoisotopic (exact) mass is 302 g/mol. The van der Waals surface area contributed by atoms with E-state index in [0.717, 1.165) is 27.7 Å². The van der Waals surface area contributed by atoms with Crippen LogP contribution in [0.4, 0.5) is 0 Å². The van der Waals surface area contributed by atoms with E-state index in [-0.39, 0.29) is 0 Å². The predicted octanol–water partition coefficient (Wildman–Crippen LogP) is 5.17. The van der Waals surface area contributed by atoms with Crippen molar-refractivity contribution < 1.29 is 0 Å². The lowest BCUT2D eigenvalue weighted by molar-refractivity contribution is 1.30. The quantitative estimate of drug-likeness (QED) is 0.478. The van der Waals surface area contributed by atoms with Gasteiger partial charge >= 0.3 is 0 Å². The minimum Gasteiger partial charge on any atom is -0.255 e. The summed E-state index contributed by atoms with van der Waals surface area (Å²) in [6.45, 7) is 0. The zero-order valence-electron chi connectivity index (χ0n) is 12.2. The van der Waals surface area contributed by atoms with E-state index >= 15 is 0 Å². The number of rotatable bonds is 2. The molecule has 2 heterocycles. The highest BCUT2D eigenvalue weighted by Crippen LogP contribution is 2.34. The maximum Gasteiger partial charge on any atom is 0.0736 e. The van der Waals surface area contributed by atoms with Gasteiger partial charge in [0.05, 0.1) is 16.7 Å². The highest BCUT2D eigenvalue weighted by atomic mass is 32.2. The van der Waals surface area contributed by atoms with E-state index < -0.39 is 0 Å². The number of thioether (sulfide) groups is 1. The molecule has 0 atom stereocenters. The van der Waals surface area contributed by atoms with Crippen LogP contribution in [0.3, 0.4) is 0 Å². The minimum atomic E-state index is 0.973. The smallest absolute Gasteiger partial charge is 0.0736 e. The first-order valence-corrected chi connectivity index (χ1v) is 8.37. The summed E-state index contributed by atoms with van der Waals surface area (Å²) in [7, 11) is 0. The molecule has 3 heteroatoms. The molecule has 0 aliphatic heterocycles. The van der Waals surface area contributed by atoms with E-state index in [2.05, 4.69) is 41.6 Å². The fraction of sp³-hybridized carbons (Fsp3) is 0.0526. The molecule has 0 spiro atoms. The van der Waals surface area contributed by atoms with Gasteiger partial charge in [0.15, 0.2) is 0 Å². The molecule has 4 aromatic rings. The molecule has 0 saturated carbocycles. The van der Waals surface area contributed by atoms with Crippen LogP contribution in [0.1, 0.15) is 0 Å². The number of aromatic nitrogens is 2. The van der Waals surface area contributed by atoms with Crippen LogP contribution >= 0.6 is 11.8 Å². The summed E-state index contributed by atoms with van der Waals surface area (Å²) in [6, 6.07) is 20.6. The van der Waals surface area contributed by atoms with Crippen LogP contribution < -0.4 is 0 Å². The molecule has 106 valence electrons. The summed E-state index contributed by atoms with van der Waals surface area (Å²) in [5.41, 5.74) is 4.11. The van der Waals surface area contributed by atoms with Gasteiger partial charge in [-0.3, -0.25) is 4.98 Å². The maximum absolute atomic E-state index is 4.81. The van der Waals surface area contributed by atoms with Crippen LogP contribution in [-0.2, 0) is 0 Å². The van der Waals surface area contributed by atoms with Crippen molar-refractivity contribution in [2.24, 2.45) is 0 Å². The Morgan fingerprint density at radius 2 is 1.59 bits per heavy atom. The molecule has 22 heavy (non-hydrogen) atoms. The summed E-state index contributed by atoms with van der Waals surface area (Å²) in [6.07, 6.45) is 4.04. The first kappa shape index (κ1) is 13.3. The number of benzene rings is 2. The maximum atomic E-state index is 4.81. The van der Waals surface area contributed by atoms with Crippen molar-refractivity contribution >= 4 is 33.6 Å². The second-order valence-electron chi connectivity index (χ2n) is 5.11. The normalized spacial score (nSPS) is 11.1. The molecule has 2 nitrogen and oxygen atoms in total. The SMILES string of the molecule is CSc1c(-c2ccc3ccccc3n2)cnc2ccccc12. The van der Waals surface area contributed by atoms with Crippen molar-refractivity contribution in [3.05, 3.63) is 66.9 Å². The molecule has 2 aromatic heterocycles. The van der Waals surface area contributed by atoms with Crippen molar-refractivity contribution in [1.29, 1.82) is 0 Å². The lowest BCUT2D eigenvalue weighted by Gasteiger charge is -2.10. The molecular weight excluding hydrogens is 288 g/mol. The third-order valence-electron chi connectivity index (χ3n) is 3.80. The zero-order valence-corrected chi connectivity index (χ0v) is 13.0. The molecule has 0 unspecified atom stereocenters. The highest BCUT2D eigenvalue weighted by molar-refractivity contribution is 7.99. The van der Waals surface area contributed by atoms with Crippen molar-refractivity contribution in [3.63, 3.8) is 0 Å². The van der Waals surface area contributed by atoms with Crippen molar-refractivity contribution in [2.45, 2.75) is 4.90 Å². The Balaban J connectivity index is 1.99. The van der Waals surface area contributed by atoms with Gasteiger partial charge in [0, 0.05) is 27.4 Å². The lowest BCUT2D eigenvalue weighted by atomic mass is 10.1. The topological polar surface area (TPSA) is 25.8 Å².